The van der Waals surface area contributed by atoms with Crippen LogP contribution in [0.15, 0.2) is 53.9 Å². The molecule has 6 nitrogen and oxygen atoms in total. The Hall–Kier alpha value is -3.26. The molecule has 144 valence electrons. The second kappa shape index (κ2) is 8.62. The first-order valence-corrected chi connectivity index (χ1v) is 9.25. The molecule has 0 saturated carbocycles. The number of benzene rings is 2. The van der Waals surface area contributed by atoms with E-state index in [1.54, 1.807) is 18.6 Å². The van der Waals surface area contributed by atoms with Gasteiger partial charge in [-0.1, -0.05) is 6.07 Å². The van der Waals surface area contributed by atoms with Crippen molar-refractivity contribution < 1.29 is 18.7 Å². The lowest BCUT2D eigenvalue weighted by Gasteiger charge is -2.15. The smallest absolute Gasteiger partial charge is 0.273 e. The molecule has 0 aliphatic heterocycles. The fourth-order valence-electron chi connectivity index (χ4n) is 2.49. The maximum absolute atomic E-state index is 13.2. The lowest BCUT2D eigenvalue weighted by molar-refractivity contribution is -0.116. The van der Waals surface area contributed by atoms with Gasteiger partial charge in [0.2, 0.25) is 5.91 Å². The zero-order chi connectivity index (χ0) is 20.1. The van der Waals surface area contributed by atoms with Crippen molar-refractivity contribution in [3.8, 4) is 16.3 Å². The highest BCUT2D eigenvalue weighted by molar-refractivity contribution is 7.13. The van der Waals surface area contributed by atoms with Crippen LogP contribution in [0.2, 0.25) is 0 Å². The van der Waals surface area contributed by atoms with Gasteiger partial charge in [-0.05, 0) is 42.5 Å². The summed E-state index contributed by atoms with van der Waals surface area (Å²) in [6.45, 7) is -0.176. The van der Waals surface area contributed by atoms with Crippen molar-refractivity contribution in [1.82, 2.24) is 9.88 Å². The number of methoxy groups -OCH3 is 1. The topological polar surface area (TPSA) is 71.5 Å². The number of hydrogen-bond donors (Lipinski definition) is 1. The van der Waals surface area contributed by atoms with Gasteiger partial charge in [-0.3, -0.25) is 9.59 Å². The van der Waals surface area contributed by atoms with E-state index in [9.17, 15) is 14.0 Å². The molecule has 2 amide bonds. The number of ether oxygens (including phenoxy) is 1. The number of carbonyl (C=O) groups is 2. The van der Waals surface area contributed by atoms with Gasteiger partial charge in [0.15, 0.2) is 0 Å². The molecule has 8 heteroatoms. The Balaban J connectivity index is 1.63. The molecule has 0 fully saturated rings. The lowest BCUT2D eigenvalue weighted by Crippen LogP contribution is -2.35. The summed E-state index contributed by atoms with van der Waals surface area (Å²) in [4.78, 5) is 30.3. The van der Waals surface area contributed by atoms with Crippen molar-refractivity contribution >= 4 is 28.8 Å². The van der Waals surface area contributed by atoms with E-state index in [4.69, 9.17) is 4.74 Å². The maximum atomic E-state index is 13.2. The average molecular weight is 399 g/mol. The number of anilines is 1. The minimum atomic E-state index is -0.448. The molecule has 0 spiro atoms. The summed E-state index contributed by atoms with van der Waals surface area (Å²) < 4.78 is 18.3. The van der Waals surface area contributed by atoms with Gasteiger partial charge in [-0.25, -0.2) is 9.37 Å². The predicted molar refractivity (Wildman–Crippen MR) is 106 cm³/mol. The Morgan fingerprint density at radius 3 is 2.64 bits per heavy atom. The third kappa shape index (κ3) is 4.72. The summed E-state index contributed by atoms with van der Waals surface area (Å²) in [6, 6.07) is 12.9. The van der Waals surface area contributed by atoms with Crippen molar-refractivity contribution in [2.75, 3.05) is 26.0 Å². The van der Waals surface area contributed by atoms with Crippen LogP contribution in [0, 0.1) is 5.82 Å². The van der Waals surface area contributed by atoms with Gasteiger partial charge in [0.1, 0.15) is 22.3 Å². The monoisotopic (exact) mass is 399 g/mol. The zero-order valence-corrected chi connectivity index (χ0v) is 16.1. The maximum Gasteiger partial charge on any atom is 0.273 e. The highest BCUT2D eigenvalue weighted by Gasteiger charge is 2.18. The molecule has 0 bridgehead atoms. The first kappa shape index (κ1) is 19.5. The molecule has 0 aliphatic carbocycles. The van der Waals surface area contributed by atoms with Gasteiger partial charge < -0.3 is 15.0 Å². The molecular weight excluding hydrogens is 381 g/mol. The Morgan fingerprint density at radius 1 is 1.21 bits per heavy atom. The molecule has 1 heterocycles. The number of rotatable bonds is 6. The van der Waals surface area contributed by atoms with Crippen LogP contribution in [0.5, 0.6) is 5.75 Å². The number of carbonyl (C=O) groups excluding carboxylic acids is 2. The molecule has 0 unspecified atom stereocenters. The van der Waals surface area contributed by atoms with Gasteiger partial charge >= 0.3 is 0 Å². The summed E-state index contributed by atoms with van der Waals surface area (Å²) in [5, 5.41) is 4.91. The highest BCUT2D eigenvalue weighted by atomic mass is 32.1. The van der Waals surface area contributed by atoms with E-state index in [-0.39, 0.29) is 18.1 Å². The fraction of sp³-hybridized carbons (Fsp3) is 0.150. The molecule has 0 aliphatic rings. The second-order valence-electron chi connectivity index (χ2n) is 5.99. The fourth-order valence-corrected chi connectivity index (χ4v) is 3.29. The van der Waals surface area contributed by atoms with Gasteiger partial charge in [-0.2, -0.15) is 0 Å². The van der Waals surface area contributed by atoms with Crippen molar-refractivity contribution in [2.24, 2.45) is 0 Å². The molecule has 3 rings (SSSR count). The lowest BCUT2D eigenvalue weighted by atomic mass is 10.2. The summed E-state index contributed by atoms with van der Waals surface area (Å²) in [5.41, 5.74) is 1.47. The van der Waals surface area contributed by atoms with Gasteiger partial charge in [0.05, 0.1) is 13.7 Å². The Labute approximate surface area is 165 Å². The van der Waals surface area contributed by atoms with Crippen LogP contribution in [0.25, 0.3) is 10.6 Å². The number of likely N-dealkylation sites (N-methyl/N-ethyl adjacent to an activating group) is 1. The second-order valence-corrected chi connectivity index (χ2v) is 6.84. The average Bonchev–Trinajstić information content (AvgIpc) is 3.17. The van der Waals surface area contributed by atoms with Crippen LogP contribution in [0.3, 0.4) is 0 Å². The number of thiazole rings is 1. The molecular formula is C20H18FN3O3S. The number of halogens is 1. The molecule has 0 saturated heterocycles. The van der Waals surface area contributed by atoms with Crippen LogP contribution >= 0.6 is 11.3 Å². The normalized spacial score (nSPS) is 10.4. The van der Waals surface area contributed by atoms with E-state index >= 15 is 0 Å². The van der Waals surface area contributed by atoms with Crippen molar-refractivity contribution in [3.05, 3.63) is 65.4 Å². The van der Waals surface area contributed by atoms with Crippen LogP contribution in [0.4, 0.5) is 10.1 Å². The zero-order valence-electron chi connectivity index (χ0n) is 15.3. The van der Waals surface area contributed by atoms with Gasteiger partial charge in [-0.15, -0.1) is 11.3 Å². The van der Waals surface area contributed by atoms with Crippen LogP contribution in [0.1, 0.15) is 10.5 Å². The third-order valence-corrected chi connectivity index (χ3v) is 4.79. The Bertz CT molecular complexity index is 988. The minimum absolute atomic E-state index is 0.176. The Kier molecular flexibility index (Phi) is 6.00. The number of hydrogen-bond acceptors (Lipinski definition) is 5. The van der Waals surface area contributed by atoms with Crippen LogP contribution in [-0.4, -0.2) is 42.4 Å². The van der Waals surface area contributed by atoms with E-state index in [0.29, 0.717) is 10.7 Å². The molecule has 1 N–H and O–H groups in total. The molecule has 1 aromatic heterocycles. The summed E-state index contributed by atoms with van der Waals surface area (Å²) in [6.07, 6.45) is 0. The van der Waals surface area contributed by atoms with Gasteiger partial charge in [0.25, 0.3) is 5.91 Å². The highest BCUT2D eigenvalue weighted by Crippen LogP contribution is 2.26. The van der Waals surface area contributed by atoms with E-state index in [1.165, 1.54) is 41.5 Å². The number of nitrogens with zero attached hydrogens (tertiary/aromatic N) is 2. The Morgan fingerprint density at radius 2 is 1.96 bits per heavy atom. The van der Waals surface area contributed by atoms with E-state index in [2.05, 4.69) is 10.3 Å². The van der Waals surface area contributed by atoms with Gasteiger partial charge in [0, 0.05) is 23.7 Å². The number of amides is 2. The largest absolute Gasteiger partial charge is 0.497 e. The first-order valence-electron chi connectivity index (χ1n) is 8.37. The molecule has 2 aromatic carbocycles. The number of aromatic nitrogens is 1. The van der Waals surface area contributed by atoms with E-state index in [0.717, 1.165) is 11.3 Å². The predicted octanol–water partition coefficient (Wildman–Crippen LogP) is 3.67. The molecule has 0 radical (unpaired) electrons. The van der Waals surface area contributed by atoms with E-state index in [1.807, 2.05) is 24.3 Å². The first-order chi connectivity index (χ1) is 13.5. The van der Waals surface area contributed by atoms with Crippen LogP contribution < -0.4 is 10.1 Å². The standard InChI is InChI=1S/C20H18FN3O3S/c1-24(11-18(25)22-15-5-3-4-14(21)10-15)20(26)17-12-28-19(23-17)13-6-8-16(27-2)9-7-13/h3-10,12H,11H2,1-2H3,(H,22,25). The van der Waals surface area contributed by atoms with E-state index < -0.39 is 11.7 Å². The molecule has 0 atom stereocenters. The summed E-state index contributed by atoms with van der Waals surface area (Å²) in [5.74, 6) is -0.506. The summed E-state index contributed by atoms with van der Waals surface area (Å²) in [7, 11) is 3.11. The van der Waals surface area contributed by atoms with Crippen LogP contribution in [-0.2, 0) is 4.79 Å². The van der Waals surface area contributed by atoms with Crippen molar-refractivity contribution in [1.29, 1.82) is 0 Å². The number of nitrogens with one attached hydrogen (secondary N) is 1. The molecule has 28 heavy (non-hydrogen) atoms. The quantitative estimate of drug-likeness (QED) is 0.687. The van der Waals surface area contributed by atoms with Crippen molar-refractivity contribution in [3.63, 3.8) is 0 Å². The summed E-state index contributed by atoms with van der Waals surface area (Å²) >= 11 is 1.34. The van der Waals surface area contributed by atoms with Crippen molar-refractivity contribution in [2.45, 2.75) is 0 Å². The minimum Gasteiger partial charge on any atom is -0.497 e. The third-order valence-electron chi connectivity index (χ3n) is 3.90. The SMILES string of the molecule is COc1ccc(-c2nc(C(=O)N(C)CC(=O)Nc3cccc(F)c3)cs2)cc1. The molecule has 3 aromatic rings.